The monoisotopic (exact) mass is 289 g/mol. The molecule has 2 aliphatic rings. The van der Waals surface area contributed by atoms with Crippen molar-refractivity contribution in [3.05, 3.63) is 30.2 Å². The Morgan fingerprint density at radius 1 is 1.25 bits per heavy atom. The van der Waals surface area contributed by atoms with E-state index < -0.39 is 10.8 Å². The predicted molar refractivity (Wildman–Crippen MR) is 75.0 cm³/mol. The Bertz CT molecular complexity index is 695. The van der Waals surface area contributed by atoms with Gasteiger partial charge in [0.25, 0.3) is 0 Å². The molecule has 2 aliphatic heterocycles. The highest BCUT2D eigenvalue weighted by Gasteiger charge is 2.42. The van der Waals surface area contributed by atoms with Gasteiger partial charge < -0.3 is 0 Å². The number of Topliss-reactive ketones (excluding diaryl/α,β-unsaturated/α-hetero) is 1. The van der Waals surface area contributed by atoms with Gasteiger partial charge in [-0.15, -0.1) is 10.2 Å². The van der Waals surface area contributed by atoms with Crippen molar-refractivity contribution in [2.75, 3.05) is 0 Å². The first-order valence-corrected chi connectivity index (χ1v) is 8.23. The number of nitrogens with zero attached hydrogens (tertiary/aromatic N) is 3. The third kappa shape index (κ3) is 1.82. The van der Waals surface area contributed by atoms with Crippen LogP contribution in [0.2, 0.25) is 0 Å². The minimum absolute atomic E-state index is 0.0270. The molecule has 2 aromatic rings. The van der Waals surface area contributed by atoms with E-state index in [1.807, 2.05) is 12.1 Å². The van der Waals surface area contributed by atoms with Crippen LogP contribution in [-0.2, 0) is 10.8 Å². The van der Waals surface area contributed by atoms with Gasteiger partial charge in [-0.3, -0.25) is 13.4 Å². The molecule has 2 fully saturated rings. The van der Waals surface area contributed by atoms with Crippen LogP contribution in [-0.4, -0.2) is 35.1 Å². The van der Waals surface area contributed by atoms with Crippen LogP contribution in [0.3, 0.4) is 0 Å². The lowest BCUT2D eigenvalue weighted by atomic mass is 9.91. The zero-order valence-electron chi connectivity index (χ0n) is 10.9. The smallest absolute Gasteiger partial charge is 0.167 e. The molecule has 0 N–H and O–H groups in total. The zero-order chi connectivity index (χ0) is 13.7. The first-order chi connectivity index (χ1) is 9.72. The van der Waals surface area contributed by atoms with Crippen LogP contribution in [0.4, 0.5) is 0 Å². The van der Waals surface area contributed by atoms with Gasteiger partial charge in [0.2, 0.25) is 0 Å². The van der Waals surface area contributed by atoms with Crippen molar-refractivity contribution in [3.63, 3.8) is 0 Å². The van der Waals surface area contributed by atoms with Gasteiger partial charge in [0.15, 0.2) is 11.4 Å². The SMILES string of the molecule is O=C(c1ccc2nncn2c1)C1CC2CCC(C1)S2=O. The second kappa shape index (κ2) is 4.48. The molecule has 2 saturated heterocycles. The maximum absolute atomic E-state index is 12.6. The lowest BCUT2D eigenvalue weighted by Gasteiger charge is -2.26. The van der Waals surface area contributed by atoms with E-state index in [0.29, 0.717) is 5.56 Å². The van der Waals surface area contributed by atoms with Crippen molar-refractivity contribution >= 4 is 22.2 Å². The molecule has 0 saturated carbocycles. The van der Waals surface area contributed by atoms with Crippen LogP contribution in [0, 0.1) is 5.92 Å². The summed E-state index contributed by atoms with van der Waals surface area (Å²) in [5, 5.41) is 8.23. The molecule has 4 heterocycles. The van der Waals surface area contributed by atoms with Crippen molar-refractivity contribution in [1.82, 2.24) is 14.6 Å². The average molecular weight is 289 g/mol. The lowest BCUT2D eigenvalue weighted by Crippen LogP contribution is -2.32. The molecule has 2 aromatic heterocycles. The number of pyridine rings is 1. The van der Waals surface area contributed by atoms with E-state index >= 15 is 0 Å². The fraction of sp³-hybridized carbons (Fsp3) is 0.500. The predicted octanol–water partition coefficient (Wildman–Crippen LogP) is 1.60. The Kier molecular flexibility index (Phi) is 2.73. The van der Waals surface area contributed by atoms with E-state index in [0.717, 1.165) is 31.3 Å². The van der Waals surface area contributed by atoms with Crippen LogP contribution in [0.25, 0.3) is 5.65 Å². The van der Waals surface area contributed by atoms with Crippen molar-refractivity contribution in [1.29, 1.82) is 0 Å². The second-order valence-corrected chi connectivity index (χ2v) is 7.69. The molecule has 0 aromatic carbocycles. The topological polar surface area (TPSA) is 64.3 Å². The van der Waals surface area contributed by atoms with E-state index in [1.54, 1.807) is 16.9 Å². The molecule has 2 bridgehead atoms. The summed E-state index contributed by atoms with van der Waals surface area (Å²) in [6, 6.07) is 3.63. The molecule has 0 spiro atoms. The summed E-state index contributed by atoms with van der Waals surface area (Å²) in [6.45, 7) is 0. The Morgan fingerprint density at radius 2 is 2.00 bits per heavy atom. The van der Waals surface area contributed by atoms with Crippen molar-refractivity contribution in [2.45, 2.75) is 36.2 Å². The molecule has 2 atom stereocenters. The van der Waals surface area contributed by atoms with Crippen LogP contribution < -0.4 is 0 Å². The van der Waals surface area contributed by atoms with Crippen LogP contribution in [0.15, 0.2) is 24.7 Å². The Hall–Kier alpha value is -1.56. The molecule has 6 heteroatoms. The van der Waals surface area contributed by atoms with Crippen molar-refractivity contribution in [2.24, 2.45) is 5.92 Å². The quantitative estimate of drug-likeness (QED) is 0.788. The third-order valence-corrected chi connectivity index (χ3v) is 6.68. The summed E-state index contributed by atoms with van der Waals surface area (Å²) >= 11 is 0. The maximum Gasteiger partial charge on any atom is 0.167 e. The molecule has 0 aliphatic carbocycles. The first-order valence-electron chi connectivity index (χ1n) is 6.95. The summed E-state index contributed by atoms with van der Waals surface area (Å²) in [7, 11) is -0.705. The number of fused-ring (bicyclic) bond motifs is 3. The molecule has 2 unspecified atom stereocenters. The van der Waals surface area contributed by atoms with E-state index in [4.69, 9.17) is 0 Å². The normalized spacial score (nSPS) is 32.6. The number of rotatable bonds is 2. The minimum Gasteiger partial charge on any atom is -0.294 e. The van der Waals surface area contributed by atoms with Gasteiger partial charge in [0.05, 0.1) is 0 Å². The van der Waals surface area contributed by atoms with E-state index in [9.17, 15) is 9.00 Å². The molecule has 4 rings (SSSR count). The van der Waals surface area contributed by atoms with E-state index in [-0.39, 0.29) is 22.2 Å². The standard InChI is InChI=1S/C14H15N3O2S/c18-14(9-1-4-13-16-15-8-17(13)7-9)10-5-11-2-3-12(6-10)20(11)19/h1,4,7-8,10-12H,2-3,5-6H2. The van der Waals surface area contributed by atoms with Crippen molar-refractivity contribution < 1.29 is 9.00 Å². The Labute approximate surface area is 118 Å². The number of carbonyl (C=O) groups excluding carboxylic acids is 1. The summed E-state index contributed by atoms with van der Waals surface area (Å²) < 4.78 is 13.8. The third-order valence-electron chi connectivity index (χ3n) is 4.51. The summed E-state index contributed by atoms with van der Waals surface area (Å²) in [5.74, 6) is 0.202. The molecule has 20 heavy (non-hydrogen) atoms. The molecule has 0 radical (unpaired) electrons. The van der Waals surface area contributed by atoms with Gasteiger partial charge in [0, 0.05) is 39.0 Å². The number of aromatic nitrogens is 3. The van der Waals surface area contributed by atoms with E-state index in [1.165, 1.54) is 0 Å². The summed E-state index contributed by atoms with van der Waals surface area (Å²) in [6.07, 6.45) is 7.00. The van der Waals surface area contributed by atoms with Crippen LogP contribution >= 0.6 is 0 Å². The molecular weight excluding hydrogens is 274 g/mol. The molecule has 104 valence electrons. The number of ketones is 1. The largest absolute Gasteiger partial charge is 0.294 e. The van der Waals surface area contributed by atoms with Crippen LogP contribution in [0.1, 0.15) is 36.0 Å². The van der Waals surface area contributed by atoms with Crippen LogP contribution in [0.5, 0.6) is 0 Å². The van der Waals surface area contributed by atoms with Gasteiger partial charge in [0.1, 0.15) is 6.33 Å². The Balaban J connectivity index is 1.62. The first kappa shape index (κ1) is 12.2. The maximum atomic E-state index is 12.6. The van der Waals surface area contributed by atoms with Gasteiger partial charge in [-0.1, -0.05) is 0 Å². The van der Waals surface area contributed by atoms with Gasteiger partial charge in [-0.25, -0.2) is 0 Å². The van der Waals surface area contributed by atoms with E-state index in [2.05, 4.69) is 10.2 Å². The highest BCUT2D eigenvalue weighted by atomic mass is 32.2. The van der Waals surface area contributed by atoms with Gasteiger partial charge >= 0.3 is 0 Å². The Morgan fingerprint density at radius 3 is 2.75 bits per heavy atom. The van der Waals surface area contributed by atoms with Gasteiger partial charge in [-0.2, -0.15) is 0 Å². The lowest BCUT2D eigenvalue weighted by molar-refractivity contribution is 0.0905. The minimum atomic E-state index is -0.705. The summed E-state index contributed by atoms with van der Waals surface area (Å²) in [5.41, 5.74) is 1.45. The average Bonchev–Trinajstić information content (AvgIpc) is 2.98. The van der Waals surface area contributed by atoms with Gasteiger partial charge in [-0.05, 0) is 37.8 Å². The highest BCUT2D eigenvalue weighted by molar-refractivity contribution is 7.86. The molecule has 5 nitrogen and oxygen atoms in total. The fourth-order valence-corrected chi connectivity index (χ4v) is 5.58. The number of carbonyl (C=O) groups is 1. The number of hydrogen-bond acceptors (Lipinski definition) is 4. The molecule has 0 amide bonds. The zero-order valence-corrected chi connectivity index (χ0v) is 11.8. The van der Waals surface area contributed by atoms with Crippen molar-refractivity contribution in [3.8, 4) is 0 Å². The second-order valence-electron chi connectivity index (χ2n) is 5.70. The fourth-order valence-electron chi connectivity index (χ4n) is 3.46. The summed E-state index contributed by atoms with van der Waals surface area (Å²) in [4.78, 5) is 12.6. The highest BCUT2D eigenvalue weighted by Crippen LogP contribution is 2.39. The number of hydrogen-bond donors (Lipinski definition) is 0. The molecular formula is C14H15N3O2S.